The van der Waals surface area contributed by atoms with Gasteiger partial charge in [-0.15, -0.1) is 24.8 Å². The van der Waals surface area contributed by atoms with Crippen LogP contribution in [-0.2, 0) is 4.74 Å². The normalized spacial score (nSPS) is 22.3. The molecule has 0 aromatic carbocycles. The Morgan fingerprint density at radius 3 is 2.57 bits per heavy atom. The minimum atomic E-state index is 0. The maximum atomic E-state index is 5.88. The van der Waals surface area contributed by atoms with Crippen LogP contribution in [0.5, 0.6) is 0 Å². The molecule has 2 aliphatic rings. The zero-order valence-corrected chi connectivity index (χ0v) is 15.8. The second kappa shape index (κ2) is 14.1. The van der Waals surface area contributed by atoms with Crippen LogP contribution in [-0.4, -0.2) is 56.3 Å². The molecule has 1 unspecified atom stereocenters. The van der Waals surface area contributed by atoms with E-state index in [4.69, 9.17) is 10.5 Å². The molecule has 0 radical (unpaired) electrons. The lowest BCUT2D eigenvalue weighted by atomic mass is 10.1. The summed E-state index contributed by atoms with van der Waals surface area (Å²) in [6.07, 6.45) is 10.3. The summed E-state index contributed by atoms with van der Waals surface area (Å²) in [6, 6.07) is 0. The van der Waals surface area contributed by atoms with Gasteiger partial charge in [0, 0.05) is 13.2 Å². The number of unbranched alkanes of at least 4 members (excludes halogenated alkanes) is 2. The van der Waals surface area contributed by atoms with Gasteiger partial charge in [-0.1, -0.05) is 6.42 Å². The fraction of sp³-hybridized carbons (Fsp3) is 0.938. The molecule has 23 heavy (non-hydrogen) atoms. The van der Waals surface area contributed by atoms with Crippen molar-refractivity contribution in [3.05, 3.63) is 0 Å². The third kappa shape index (κ3) is 10.3. The molecule has 138 valence electrons. The van der Waals surface area contributed by atoms with Gasteiger partial charge in [-0.2, -0.15) is 0 Å². The first kappa shape index (κ1) is 22.8. The molecule has 0 bridgehead atoms. The highest BCUT2D eigenvalue weighted by Crippen LogP contribution is 2.12. The van der Waals surface area contributed by atoms with Crippen LogP contribution in [0.4, 0.5) is 0 Å². The van der Waals surface area contributed by atoms with Gasteiger partial charge in [0.05, 0.1) is 12.6 Å². The molecule has 2 saturated heterocycles. The Balaban J connectivity index is 0.00000242. The molecule has 0 amide bonds. The Morgan fingerprint density at radius 2 is 1.87 bits per heavy atom. The summed E-state index contributed by atoms with van der Waals surface area (Å²) in [5.74, 6) is 0.573. The van der Waals surface area contributed by atoms with Crippen LogP contribution in [0.1, 0.15) is 51.4 Å². The molecule has 3 N–H and O–H groups in total. The van der Waals surface area contributed by atoms with Crippen LogP contribution in [0.25, 0.3) is 0 Å². The van der Waals surface area contributed by atoms with Crippen molar-refractivity contribution in [3.63, 3.8) is 0 Å². The molecule has 7 heteroatoms. The number of halogens is 2. The quantitative estimate of drug-likeness (QED) is 0.392. The van der Waals surface area contributed by atoms with Gasteiger partial charge in [0.25, 0.3) is 0 Å². The Morgan fingerprint density at radius 1 is 1.09 bits per heavy atom. The highest BCUT2D eigenvalue weighted by atomic mass is 35.5. The largest absolute Gasteiger partial charge is 0.376 e. The summed E-state index contributed by atoms with van der Waals surface area (Å²) in [5, 5.41) is 3.21. The zero-order chi connectivity index (χ0) is 14.8. The summed E-state index contributed by atoms with van der Waals surface area (Å²) in [5.41, 5.74) is 5.88. The Kier molecular flexibility index (Phi) is 14.0. The molecule has 0 aromatic rings. The lowest BCUT2D eigenvalue weighted by Gasteiger charge is -2.20. The van der Waals surface area contributed by atoms with Crippen LogP contribution >= 0.6 is 24.8 Å². The number of nitrogens with one attached hydrogen (secondary N) is 1. The lowest BCUT2D eigenvalue weighted by molar-refractivity contribution is 0.0224. The summed E-state index contributed by atoms with van der Waals surface area (Å²) < 4.78 is 5.64. The topological polar surface area (TPSA) is 62.9 Å². The van der Waals surface area contributed by atoms with E-state index in [2.05, 4.69) is 15.2 Å². The fourth-order valence-corrected chi connectivity index (χ4v) is 3.07. The number of likely N-dealkylation sites (tertiary alicyclic amines) is 1. The van der Waals surface area contributed by atoms with Crippen LogP contribution in [0, 0.1) is 0 Å². The number of aliphatic imine (C=N–C) groups is 1. The molecule has 0 saturated carbocycles. The summed E-state index contributed by atoms with van der Waals surface area (Å²) in [4.78, 5) is 6.96. The Labute approximate surface area is 153 Å². The minimum Gasteiger partial charge on any atom is -0.376 e. The van der Waals surface area contributed by atoms with Gasteiger partial charge in [-0.25, -0.2) is 0 Å². The van der Waals surface area contributed by atoms with Gasteiger partial charge in [0.1, 0.15) is 0 Å². The number of rotatable bonds is 8. The summed E-state index contributed by atoms with van der Waals surface area (Å²) in [7, 11) is 0. The third-order valence-electron chi connectivity index (χ3n) is 4.40. The second-order valence-electron chi connectivity index (χ2n) is 6.25. The van der Waals surface area contributed by atoms with Crippen LogP contribution in [0.2, 0.25) is 0 Å². The van der Waals surface area contributed by atoms with Gasteiger partial charge in [0.15, 0.2) is 5.96 Å². The fourth-order valence-electron chi connectivity index (χ4n) is 3.07. The molecule has 2 heterocycles. The highest BCUT2D eigenvalue weighted by Gasteiger charge is 2.13. The van der Waals surface area contributed by atoms with Gasteiger partial charge in [-0.05, 0) is 64.6 Å². The van der Waals surface area contributed by atoms with E-state index in [1.807, 2.05) is 0 Å². The third-order valence-corrected chi connectivity index (χ3v) is 4.40. The van der Waals surface area contributed by atoms with Gasteiger partial charge in [0.2, 0.25) is 0 Å². The van der Waals surface area contributed by atoms with E-state index in [1.165, 1.54) is 64.6 Å². The molecule has 5 nitrogen and oxygen atoms in total. The molecule has 0 aliphatic carbocycles. The number of hydrogen-bond donors (Lipinski definition) is 2. The maximum absolute atomic E-state index is 5.88. The molecular formula is C16H34Cl2N4O. The molecule has 0 aromatic heterocycles. The van der Waals surface area contributed by atoms with Crippen LogP contribution in [0.15, 0.2) is 4.99 Å². The van der Waals surface area contributed by atoms with Crippen molar-refractivity contribution in [2.24, 2.45) is 10.7 Å². The van der Waals surface area contributed by atoms with Crippen molar-refractivity contribution in [2.75, 3.05) is 39.3 Å². The molecule has 2 aliphatic heterocycles. The van der Waals surface area contributed by atoms with E-state index in [9.17, 15) is 0 Å². The monoisotopic (exact) mass is 368 g/mol. The zero-order valence-electron chi connectivity index (χ0n) is 14.2. The van der Waals surface area contributed by atoms with Gasteiger partial charge < -0.3 is 20.7 Å². The van der Waals surface area contributed by atoms with Crippen molar-refractivity contribution in [3.8, 4) is 0 Å². The number of ether oxygens (including phenoxy) is 1. The smallest absolute Gasteiger partial charge is 0.188 e. The Bertz CT molecular complexity index is 306. The molecule has 0 spiro atoms. The standard InChI is InChI=1S/C16H32N4O.2ClH/c17-16(19-14-15-8-2-7-13-21-15)18-9-3-1-4-10-20-11-5-6-12-20;;/h15H,1-14H2,(H3,17,18,19);2*1H. The van der Waals surface area contributed by atoms with E-state index in [0.717, 1.165) is 19.6 Å². The maximum Gasteiger partial charge on any atom is 0.188 e. The number of nitrogens with zero attached hydrogens (tertiary/aromatic N) is 2. The minimum absolute atomic E-state index is 0. The molecular weight excluding hydrogens is 335 g/mol. The predicted octanol–water partition coefficient (Wildman–Crippen LogP) is 2.57. The van der Waals surface area contributed by atoms with Crippen molar-refractivity contribution in [1.29, 1.82) is 0 Å². The number of nitrogens with two attached hydrogens (primary N) is 1. The highest BCUT2D eigenvalue weighted by molar-refractivity contribution is 5.85. The first-order valence-electron chi connectivity index (χ1n) is 8.72. The number of hydrogen-bond acceptors (Lipinski definition) is 3. The van der Waals surface area contributed by atoms with Crippen LogP contribution in [0.3, 0.4) is 0 Å². The summed E-state index contributed by atoms with van der Waals surface area (Å²) in [6.45, 7) is 6.39. The molecule has 1 atom stereocenters. The van der Waals surface area contributed by atoms with E-state index < -0.39 is 0 Å². The number of guanidine groups is 1. The first-order chi connectivity index (χ1) is 10.3. The summed E-state index contributed by atoms with van der Waals surface area (Å²) >= 11 is 0. The SMILES string of the molecule is Cl.Cl.NC(=NCC1CCCCO1)NCCCCCN1CCCC1. The second-order valence-corrected chi connectivity index (χ2v) is 6.25. The Hall–Kier alpha value is -0.230. The van der Waals surface area contributed by atoms with Crippen molar-refractivity contribution >= 4 is 30.8 Å². The predicted molar refractivity (Wildman–Crippen MR) is 102 cm³/mol. The van der Waals surface area contributed by atoms with Crippen molar-refractivity contribution < 1.29 is 4.74 Å². The molecule has 2 fully saturated rings. The molecule has 2 rings (SSSR count). The first-order valence-corrected chi connectivity index (χ1v) is 8.72. The average Bonchev–Trinajstić information content (AvgIpc) is 3.03. The average molecular weight is 369 g/mol. The van der Waals surface area contributed by atoms with Crippen LogP contribution < -0.4 is 11.1 Å². The van der Waals surface area contributed by atoms with Crippen molar-refractivity contribution in [1.82, 2.24) is 10.2 Å². The van der Waals surface area contributed by atoms with E-state index in [1.54, 1.807) is 0 Å². The van der Waals surface area contributed by atoms with E-state index in [-0.39, 0.29) is 30.9 Å². The van der Waals surface area contributed by atoms with E-state index >= 15 is 0 Å². The van der Waals surface area contributed by atoms with Gasteiger partial charge in [-0.3, -0.25) is 4.99 Å². The van der Waals surface area contributed by atoms with Crippen molar-refractivity contribution in [2.45, 2.75) is 57.5 Å². The lowest BCUT2D eigenvalue weighted by Crippen LogP contribution is -2.34. The van der Waals surface area contributed by atoms with Gasteiger partial charge >= 0.3 is 0 Å². The van der Waals surface area contributed by atoms with E-state index in [0.29, 0.717) is 12.5 Å².